The van der Waals surface area contributed by atoms with E-state index in [1.807, 2.05) is 13.8 Å². The number of nitrogens with one attached hydrogen (secondary N) is 1. The largest absolute Gasteiger partial charge is 0.352 e. The topological polar surface area (TPSA) is 81.1 Å². The molecule has 0 bridgehead atoms. The number of carbonyl (C=O) groups is 1. The van der Waals surface area contributed by atoms with E-state index in [1.165, 1.54) is 0 Å². The number of nitrogens with two attached hydrogens (primary N) is 2. The molecule has 0 aromatic heterocycles. The molecule has 0 saturated carbocycles. The number of carbonyl (C=O) groups excluding carboxylic acids is 1. The predicted molar refractivity (Wildman–Crippen MR) is 45.1 cm³/mol. The van der Waals surface area contributed by atoms with Gasteiger partial charge in [-0.2, -0.15) is 0 Å². The summed E-state index contributed by atoms with van der Waals surface area (Å²) in [7, 11) is 0. The first-order chi connectivity index (χ1) is 5.04. The van der Waals surface area contributed by atoms with E-state index in [9.17, 15) is 4.79 Å². The highest BCUT2D eigenvalue weighted by molar-refractivity contribution is 5.72. The third-order valence-electron chi connectivity index (χ3n) is 1.90. The number of hydrogen-bond donors (Lipinski definition) is 3. The molecule has 5 N–H and O–H groups in total. The molecule has 0 heterocycles. The maximum atomic E-state index is 10.5. The fourth-order valence-corrected chi connectivity index (χ4v) is 0.944. The summed E-state index contributed by atoms with van der Waals surface area (Å²) in [5.74, 6) is 0. The molecule has 0 aliphatic carbocycles. The summed E-state index contributed by atoms with van der Waals surface area (Å²) in [5, 5.41) is 2.67. The minimum Gasteiger partial charge on any atom is -0.352 e. The third-order valence-corrected chi connectivity index (χ3v) is 1.90. The summed E-state index contributed by atoms with van der Waals surface area (Å²) < 4.78 is 0. The van der Waals surface area contributed by atoms with Gasteiger partial charge >= 0.3 is 6.03 Å². The summed E-state index contributed by atoms with van der Waals surface area (Å²) in [5.41, 5.74) is 10.1. The zero-order valence-corrected chi connectivity index (χ0v) is 7.18. The highest BCUT2D eigenvalue weighted by Crippen LogP contribution is 2.12. The van der Waals surface area contributed by atoms with E-state index in [0.717, 1.165) is 12.8 Å². The summed E-state index contributed by atoms with van der Waals surface area (Å²) in [4.78, 5) is 10.5. The Hall–Kier alpha value is -0.770. The van der Waals surface area contributed by atoms with Crippen LogP contribution in [0.3, 0.4) is 0 Å². The standard InChI is InChI=1S/C7H17N3O/c1-3-7(2,4-5-8)10-6(9)11/h3-5,8H2,1-2H3,(H3,9,10,11). The molecule has 4 nitrogen and oxygen atoms in total. The van der Waals surface area contributed by atoms with Crippen LogP contribution in [0.25, 0.3) is 0 Å². The van der Waals surface area contributed by atoms with Crippen LogP contribution in [0.1, 0.15) is 26.7 Å². The van der Waals surface area contributed by atoms with Crippen LogP contribution in [0.5, 0.6) is 0 Å². The normalized spacial score (nSPS) is 15.5. The Balaban J connectivity index is 3.98. The van der Waals surface area contributed by atoms with Crippen LogP contribution in [-0.4, -0.2) is 18.1 Å². The molecule has 1 unspecified atom stereocenters. The average molecular weight is 159 g/mol. The van der Waals surface area contributed by atoms with Crippen molar-refractivity contribution in [2.24, 2.45) is 11.5 Å². The average Bonchev–Trinajstić information content (AvgIpc) is 1.87. The van der Waals surface area contributed by atoms with Gasteiger partial charge in [0.1, 0.15) is 0 Å². The monoisotopic (exact) mass is 159 g/mol. The van der Waals surface area contributed by atoms with E-state index in [0.29, 0.717) is 6.54 Å². The Kier molecular flexibility index (Phi) is 3.89. The van der Waals surface area contributed by atoms with E-state index in [4.69, 9.17) is 11.5 Å². The summed E-state index contributed by atoms with van der Waals surface area (Å²) >= 11 is 0. The van der Waals surface area contributed by atoms with E-state index >= 15 is 0 Å². The molecular formula is C7H17N3O. The molecule has 0 aliphatic heterocycles. The van der Waals surface area contributed by atoms with Crippen molar-refractivity contribution in [2.75, 3.05) is 6.54 Å². The molecule has 0 fully saturated rings. The Bertz CT molecular complexity index is 138. The first kappa shape index (κ1) is 10.2. The molecule has 0 aromatic carbocycles. The Morgan fingerprint density at radius 3 is 2.45 bits per heavy atom. The molecule has 0 aliphatic rings. The van der Waals surface area contributed by atoms with Crippen LogP contribution in [0.15, 0.2) is 0 Å². The summed E-state index contributed by atoms with van der Waals surface area (Å²) in [6.07, 6.45) is 1.60. The molecule has 0 spiro atoms. The minimum absolute atomic E-state index is 0.236. The van der Waals surface area contributed by atoms with E-state index in [2.05, 4.69) is 5.32 Å². The van der Waals surface area contributed by atoms with Gasteiger partial charge in [0.05, 0.1) is 0 Å². The highest BCUT2D eigenvalue weighted by atomic mass is 16.2. The van der Waals surface area contributed by atoms with Crippen molar-refractivity contribution in [3.05, 3.63) is 0 Å². The quantitative estimate of drug-likeness (QED) is 0.546. The molecule has 4 heteroatoms. The molecule has 0 rings (SSSR count). The molecular weight excluding hydrogens is 142 g/mol. The van der Waals surface area contributed by atoms with Gasteiger partial charge in [0.25, 0.3) is 0 Å². The highest BCUT2D eigenvalue weighted by Gasteiger charge is 2.21. The van der Waals surface area contributed by atoms with Crippen LogP contribution >= 0.6 is 0 Å². The second kappa shape index (κ2) is 4.18. The minimum atomic E-state index is -0.484. The lowest BCUT2D eigenvalue weighted by atomic mass is 9.95. The zero-order chi connectivity index (χ0) is 8.91. The van der Waals surface area contributed by atoms with Crippen molar-refractivity contribution in [1.29, 1.82) is 0 Å². The van der Waals surface area contributed by atoms with Crippen molar-refractivity contribution < 1.29 is 4.79 Å². The van der Waals surface area contributed by atoms with Gasteiger partial charge in [0, 0.05) is 5.54 Å². The van der Waals surface area contributed by atoms with Crippen LogP contribution in [-0.2, 0) is 0 Å². The van der Waals surface area contributed by atoms with Gasteiger partial charge < -0.3 is 16.8 Å². The maximum Gasteiger partial charge on any atom is 0.312 e. The smallest absolute Gasteiger partial charge is 0.312 e. The van der Waals surface area contributed by atoms with Crippen molar-refractivity contribution >= 4 is 6.03 Å². The lowest BCUT2D eigenvalue weighted by molar-refractivity contribution is 0.232. The van der Waals surface area contributed by atoms with Crippen molar-refractivity contribution in [3.8, 4) is 0 Å². The van der Waals surface area contributed by atoms with E-state index in [1.54, 1.807) is 0 Å². The van der Waals surface area contributed by atoms with E-state index < -0.39 is 6.03 Å². The first-order valence-electron chi connectivity index (χ1n) is 3.82. The Labute approximate surface area is 67.3 Å². The fourth-order valence-electron chi connectivity index (χ4n) is 0.944. The zero-order valence-electron chi connectivity index (χ0n) is 7.18. The van der Waals surface area contributed by atoms with Crippen LogP contribution in [0.2, 0.25) is 0 Å². The van der Waals surface area contributed by atoms with Gasteiger partial charge in [-0.15, -0.1) is 0 Å². The second-order valence-corrected chi connectivity index (χ2v) is 2.94. The first-order valence-corrected chi connectivity index (χ1v) is 3.82. The van der Waals surface area contributed by atoms with Crippen LogP contribution in [0, 0.1) is 0 Å². The molecule has 0 aromatic rings. The predicted octanol–water partition coefficient (Wildman–Crippen LogP) is 0.172. The SMILES string of the molecule is CCC(C)(CCN)NC(N)=O. The van der Waals surface area contributed by atoms with Crippen LogP contribution in [0.4, 0.5) is 4.79 Å². The Morgan fingerprint density at radius 1 is 1.64 bits per heavy atom. The third kappa shape index (κ3) is 3.83. The number of rotatable bonds is 4. The van der Waals surface area contributed by atoms with Gasteiger partial charge in [0.2, 0.25) is 0 Å². The van der Waals surface area contributed by atoms with Crippen LogP contribution < -0.4 is 16.8 Å². The van der Waals surface area contributed by atoms with Gasteiger partial charge in [0.15, 0.2) is 0 Å². The molecule has 11 heavy (non-hydrogen) atoms. The second-order valence-electron chi connectivity index (χ2n) is 2.94. The number of hydrogen-bond acceptors (Lipinski definition) is 2. The number of urea groups is 1. The molecule has 1 atom stereocenters. The maximum absolute atomic E-state index is 10.5. The van der Waals surface area contributed by atoms with Gasteiger partial charge in [-0.3, -0.25) is 0 Å². The number of amides is 2. The molecule has 66 valence electrons. The van der Waals surface area contributed by atoms with Crippen molar-refractivity contribution in [1.82, 2.24) is 5.32 Å². The Morgan fingerprint density at radius 2 is 2.18 bits per heavy atom. The fraction of sp³-hybridized carbons (Fsp3) is 0.857. The molecule has 0 radical (unpaired) electrons. The number of primary amides is 1. The van der Waals surface area contributed by atoms with E-state index in [-0.39, 0.29) is 5.54 Å². The summed E-state index contributed by atoms with van der Waals surface area (Å²) in [6.45, 7) is 4.49. The summed E-state index contributed by atoms with van der Waals surface area (Å²) in [6, 6.07) is -0.484. The van der Waals surface area contributed by atoms with Crippen molar-refractivity contribution in [3.63, 3.8) is 0 Å². The lowest BCUT2D eigenvalue weighted by Crippen LogP contribution is -2.49. The van der Waals surface area contributed by atoms with Crippen molar-refractivity contribution in [2.45, 2.75) is 32.2 Å². The van der Waals surface area contributed by atoms with Gasteiger partial charge in [-0.25, -0.2) is 4.79 Å². The van der Waals surface area contributed by atoms with Gasteiger partial charge in [-0.05, 0) is 26.3 Å². The molecule has 0 saturated heterocycles. The molecule has 2 amide bonds. The lowest BCUT2D eigenvalue weighted by Gasteiger charge is -2.27. The van der Waals surface area contributed by atoms with Gasteiger partial charge in [-0.1, -0.05) is 6.92 Å².